The average Bonchev–Trinajstić information content (AvgIpc) is 2.04. The summed E-state index contributed by atoms with van der Waals surface area (Å²) in [5.41, 5.74) is 1.26. The lowest BCUT2D eigenvalue weighted by molar-refractivity contribution is 1.06. The van der Waals surface area contributed by atoms with Crippen LogP contribution in [-0.2, 0) is 6.04 Å². The minimum absolute atomic E-state index is 0.866. The van der Waals surface area contributed by atoms with Crippen LogP contribution in [0.4, 0.5) is 0 Å². The summed E-state index contributed by atoms with van der Waals surface area (Å²) < 4.78 is 0. The van der Waals surface area contributed by atoms with Gasteiger partial charge in [-0.1, -0.05) is 43.7 Å². The second-order valence-electron chi connectivity index (χ2n) is 3.27. The van der Waals surface area contributed by atoms with Gasteiger partial charge < -0.3 is 0 Å². The smallest absolute Gasteiger partial charge is 0.145 e. The van der Waals surface area contributed by atoms with E-state index in [4.69, 9.17) is 22.2 Å². The largest absolute Gasteiger partial charge is 0.255 e. The van der Waals surface area contributed by atoms with Crippen LogP contribution in [0.5, 0.6) is 0 Å². The van der Waals surface area contributed by atoms with Crippen molar-refractivity contribution in [3.05, 3.63) is 35.9 Å². The first-order chi connectivity index (χ1) is 6.14. The van der Waals surface area contributed by atoms with E-state index in [1.807, 2.05) is 18.2 Å². The van der Waals surface area contributed by atoms with E-state index in [0.717, 1.165) is 18.5 Å². The molecule has 0 aliphatic heterocycles. The van der Waals surface area contributed by atoms with Crippen LogP contribution >= 0.6 is 22.2 Å². The monoisotopic (exact) mass is 232 g/mol. The van der Waals surface area contributed by atoms with Gasteiger partial charge in [0.1, 0.15) is 0 Å². The third-order valence-corrected chi connectivity index (χ3v) is 6.01. The predicted octanol–water partition coefficient (Wildman–Crippen LogP) is 4.10. The van der Waals surface area contributed by atoms with Crippen LogP contribution in [0.2, 0.25) is 6.04 Å². The fourth-order valence-corrected chi connectivity index (χ4v) is 5.15. The van der Waals surface area contributed by atoms with E-state index in [2.05, 4.69) is 19.1 Å². The molecular formula is C10H14Cl2Si. The highest BCUT2D eigenvalue weighted by atomic mass is 35.7. The van der Waals surface area contributed by atoms with Gasteiger partial charge in [-0.3, -0.25) is 0 Å². The number of hydrogen-bond donors (Lipinski definition) is 0. The van der Waals surface area contributed by atoms with Crippen molar-refractivity contribution in [2.45, 2.75) is 25.4 Å². The fourth-order valence-electron chi connectivity index (χ4n) is 1.35. The van der Waals surface area contributed by atoms with Crippen molar-refractivity contribution in [2.75, 3.05) is 0 Å². The van der Waals surface area contributed by atoms with Gasteiger partial charge >= 0.3 is 0 Å². The molecule has 0 fully saturated rings. The van der Waals surface area contributed by atoms with E-state index in [-0.39, 0.29) is 0 Å². The van der Waals surface area contributed by atoms with Gasteiger partial charge in [0.05, 0.1) is 0 Å². The maximum atomic E-state index is 6.28. The minimum Gasteiger partial charge on any atom is -0.145 e. The number of halogens is 2. The fraction of sp³-hybridized carbons (Fsp3) is 0.400. The van der Waals surface area contributed by atoms with Crippen molar-refractivity contribution < 1.29 is 0 Å². The minimum atomic E-state index is -2.00. The zero-order valence-corrected chi connectivity index (χ0v) is 10.3. The van der Waals surface area contributed by atoms with Gasteiger partial charge in [-0.05, 0) is 17.7 Å². The summed E-state index contributed by atoms with van der Waals surface area (Å²) >= 11 is 12.6. The summed E-state index contributed by atoms with van der Waals surface area (Å²) in [4.78, 5) is 0. The molecule has 0 nitrogen and oxygen atoms in total. The van der Waals surface area contributed by atoms with Crippen molar-refractivity contribution in [3.8, 4) is 0 Å². The summed E-state index contributed by atoms with van der Waals surface area (Å²) in [5.74, 6) is 0. The molecule has 0 atom stereocenters. The lowest BCUT2D eigenvalue weighted by atomic mass is 10.2. The second-order valence-corrected chi connectivity index (χ2v) is 10.8. The van der Waals surface area contributed by atoms with Crippen LogP contribution in [0.25, 0.3) is 0 Å². The SMILES string of the molecule is CCC[Si](Cl)(Cl)Cc1ccccc1. The molecule has 1 rings (SSSR count). The van der Waals surface area contributed by atoms with Crippen molar-refractivity contribution >= 4 is 28.9 Å². The van der Waals surface area contributed by atoms with Crippen LogP contribution in [0.1, 0.15) is 18.9 Å². The lowest BCUT2D eigenvalue weighted by Crippen LogP contribution is -2.22. The first kappa shape index (κ1) is 11.1. The highest BCUT2D eigenvalue weighted by Gasteiger charge is 2.27. The third kappa shape index (κ3) is 4.16. The Bertz CT molecular complexity index is 246. The first-order valence-corrected chi connectivity index (χ1v) is 8.99. The number of rotatable bonds is 4. The molecule has 0 aliphatic carbocycles. The van der Waals surface area contributed by atoms with Gasteiger partial charge in [-0.15, -0.1) is 22.2 Å². The average molecular weight is 233 g/mol. The van der Waals surface area contributed by atoms with Gasteiger partial charge in [-0.2, -0.15) is 0 Å². The standard InChI is InChI=1S/C10H14Cl2Si/c1-2-8-13(11,12)9-10-6-4-3-5-7-10/h3-7H,2,8-9H2,1H3. The van der Waals surface area contributed by atoms with Gasteiger partial charge in [0.15, 0.2) is 0 Å². The lowest BCUT2D eigenvalue weighted by Gasteiger charge is -2.15. The molecule has 0 heterocycles. The summed E-state index contributed by atoms with van der Waals surface area (Å²) in [5, 5.41) is 0. The Balaban J connectivity index is 2.58. The topological polar surface area (TPSA) is 0 Å². The van der Waals surface area contributed by atoms with Crippen LogP contribution in [0.15, 0.2) is 30.3 Å². The highest BCUT2D eigenvalue weighted by molar-refractivity contribution is 7.45. The van der Waals surface area contributed by atoms with Crippen molar-refractivity contribution in [1.29, 1.82) is 0 Å². The molecule has 13 heavy (non-hydrogen) atoms. The molecule has 3 heteroatoms. The molecule has 1 aromatic carbocycles. The Kier molecular flexibility index (Phi) is 4.30. The van der Waals surface area contributed by atoms with E-state index in [9.17, 15) is 0 Å². The van der Waals surface area contributed by atoms with Crippen molar-refractivity contribution in [1.82, 2.24) is 0 Å². The maximum Gasteiger partial charge on any atom is 0.255 e. The Labute approximate surface area is 90.3 Å². The van der Waals surface area contributed by atoms with E-state index < -0.39 is 6.69 Å². The molecule has 0 aliphatic rings. The summed E-state index contributed by atoms with van der Waals surface area (Å²) in [6.45, 7) is 0.123. The molecule has 0 saturated carbocycles. The van der Waals surface area contributed by atoms with E-state index in [0.29, 0.717) is 0 Å². The molecule has 0 radical (unpaired) electrons. The van der Waals surface area contributed by atoms with Crippen molar-refractivity contribution in [3.63, 3.8) is 0 Å². The number of hydrogen-bond acceptors (Lipinski definition) is 0. The molecule has 0 amide bonds. The second kappa shape index (κ2) is 5.04. The van der Waals surface area contributed by atoms with Crippen LogP contribution in [-0.4, -0.2) is 6.69 Å². The van der Waals surface area contributed by atoms with Gasteiger partial charge in [-0.25, -0.2) is 0 Å². The summed E-state index contributed by atoms with van der Waals surface area (Å²) in [6.07, 6.45) is 1.08. The molecule has 0 aromatic heterocycles. The van der Waals surface area contributed by atoms with Crippen LogP contribution < -0.4 is 0 Å². The van der Waals surface area contributed by atoms with Crippen molar-refractivity contribution in [2.24, 2.45) is 0 Å². The number of benzene rings is 1. The van der Waals surface area contributed by atoms with Gasteiger partial charge in [0.2, 0.25) is 0 Å². The first-order valence-electron chi connectivity index (χ1n) is 4.56. The summed E-state index contributed by atoms with van der Waals surface area (Å²) in [6, 6.07) is 12.1. The van der Waals surface area contributed by atoms with Gasteiger partial charge in [0, 0.05) is 0 Å². The third-order valence-electron chi connectivity index (χ3n) is 1.92. The Morgan fingerprint density at radius 1 is 1.15 bits per heavy atom. The Morgan fingerprint density at radius 3 is 2.31 bits per heavy atom. The quantitative estimate of drug-likeness (QED) is 0.542. The van der Waals surface area contributed by atoms with Gasteiger partial charge in [0.25, 0.3) is 6.69 Å². The zero-order chi connectivity index (χ0) is 9.73. The molecule has 1 aromatic rings. The molecule has 0 saturated heterocycles. The highest BCUT2D eigenvalue weighted by Crippen LogP contribution is 2.26. The molecule has 0 N–H and O–H groups in total. The molecular weight excluding hydrogens is 219 g/mol. The van der Waals surface area contributed by atoms with Crippen LogP contribution in [0.3, 0.4) is 0 Å². The normalized spacial score (nSPS) is 11.6. The predicted molar refractivity (Wildman–Crippen MR) is 62.7 cm³/mol. The molecule has 72 valence electrons. The maximum absolute atomic E-state index is 6.28. The zero-order valence-electron chi connectivity index (χ0n) is 7.76. The Morgan fingerprint density at radius 2 is 1.77 bits per heavy atom. The Hall–Kier alpha value is 0.0169. The van der Waals surface area contributed by atoms with E-state index in [1.165, 1.54) is 5.56 Å². The van der Waals surface area contributed by atoms with E-state index >= 15 is 0 Å². The summed E-state index contributed by atoms with van der Waals surface area (Å²) in [7, 11) is 0. The molecule has 0 unspecified atom stereocenters. The van der Waals surface area contributed by atoms with Crippen LogP contribution in [0, 0.1) is 0 Å². The molecule has 0 spiro atoms. The van der Waals surface area contributed by atoms with E-state index in [1.54, 1.807) is 0 Å². The molecule has 0 bridgehead atoms.